The lowest BCUT2D eigenvalue weighted by Gasteiger charge is -2.19. The standard InChI is InChI=1S/C20H12O2S/c21-19-14-9-4-5-10-15(14)20(22)18-16(19)11-6-12-17(18)23-13-7-2-1-3-8-13/h1-12H. The van der Waals surface area contributed by atoms with Crippen LogP contribution in [0, 0.1) is 0 Å². The lowest BCUT2D eigenvalue weighted by atomic mass is 9.84. The van der Waals surface area contributed by atoms with Gasteiger partial charge in [-0.15, -0.1) is 0 Å². The van der Waals surface area contributed by atoms with Gasteiger partial charge in [0, 0.05) is 32.0 Å². The number of fused-ring (bicyclic) bond motifs is 2. The molecule has 0 N–H and O–H groups in total. The number of carbonyl (C=O) groups excluding carboxylic acids is 2. The van der Waals surface area contributed by atoms with E-state index in [9.17, 15) is 9.59 Å². The molecule has 3 aromatic carbocycles. The van der Waals surface area contributed by atoms with Crippen LogP contribution in [-0.2, 0) is 0 Å². The van der Waals surface area contributed by atoms with Crippen molar-refractivity contribution in [3.8, 4) is 0 Å². The molecule has 0 aromatic heterocycles. The Hall–Kier alpha value is -2.65. The summed E-state index contributed by atoms with van der Waals surface area (Å²) in [5.74, 6) is -0.153. The maximum absolute atomic E-state index is 12.9. The third kappa shape index (κ3) is 2.30. The van der Waals surface area contributed by atoms with Crippen molar-refractivity contribution in [3.63, 3.8) is 0 Å². The number of hydrogen-bond acceptors (Lipinski definition) is 3. The number of carbonyl (C=O) groups is 2. The quantitative estimate of drug-likeness (QED) is 0.541. The molecule has 0 amide bonds. The van der Waals surface area contributed by atoms with Crippen LogP contribution in [0.1, 0.15) is 31.8 Å². The lowest BCUT2D eigenvalue weighted by Crippen LogP contribution is -2.21. The molecular weight excluding hydrogens is 304 g/mol. The summed E-state index contributed by atoms with van der Waals surface area (Å²) in [7, 11) is 0. The predicted molar refractivity (Wildman–Crippen MR) is 90.3 cm³/mol. The molecule has 0 fully saturated rings. The molecule has 23 heavy (non-hydrogen) atoms. The Morgan fingerprint density at radius 1 is 0.565 bits per heavy atom. The van der Waals surface area contributed by atoms with Crippen molar-refractivity contribution < 1.29 is 9.59 Å². The van der Waals surface area contributed by atoms with Crippen LogP contribution in [0.25, 0.3) is 0 Å². The Labute approximate surface area is 138 Å². The molecule has 3 aromatic rings. The van der Waals surface area contributed by atoms with Gasteiger partial charge in [0.2, 0.25) is 0 Å². The van der Waals surface area contributed by atoms with Gasteiger partial charge < -0.3 is 0 Å². The molecule has 1 aliphatic rings. The minimum absolute atomic E-state index is 0.0748. The zero-order valence-corrected chi connectivity index (χ0v) is 13.0. The highest BCUT2D eigenvalue weighted by atomic mass is 32.2. The van der Waals surface area contributed by atoms with Crippen LogP contribution in [0.3, 0.4) is 0 Å². The van der Waals surface area contributed by atoms with Crippen molar-refractivity contribution >= 4 is 23.3 Å². The SMILES string of the molecule is O=C1c2ccccc2C(=O)c2c(Sc3ccccc3)cccc21. The van der Waals surface area contributed by atoms with Crippen LogP contribution in [0.5, 0.6) is 0 Å². The highest BCUT2D eigenvalue weighted by Gasteiger charge is 2.31. The van der Waals surface area contributed by atoms with Gasteiger partial charge in [-0.1, -0.05) is 66.4 Å². The van der Waals surface area contributed by atoms with Crippen LogP contribution in [0.15, 0.2) is 82.6 Å². The molecule has 3 heteroatoms. The van der Waals surface area contributed by atoms with Gasteiger partial charge >= 0.3 is 0 Å². The molecule has 0 unspecified atom stereocenters. The minimum atomic E-state index is -0.0780. The highest BCUT2D eigenvalue weighted by Crippen LogP contribution is 2.36. The average Bonchev–Trinajstić information content (AvgIpc) is 2.60. The molecule has 4 rings (SSSR count). The third-order valence-corrected chi connectivity index (χ3v) is 4.95. The monoisotopic (exact) mass is 316 g/mol. The average molecular weight is 316 g/mol. The number of benzene rings is 3. The first kappa shape index (κ1) is 14.0. The van der Waals surface area contributed by atoms with Crippen molar-refractivity contribution in [2.24, 2.45) is 0 Å². The normalized spacial score (nSPS) is 12.7. The van der Waals surface area contributed by atoms with E-state index in [-0.39, 0.29) is 11.6 Å². The topological polar surface area (TPSA) is 34.1 Å². The lowest BCUT2D eigenvalue weighted by molar-refractivity contribution is 0.0977. The Morgan fingerprint density at radius 3 is 1.91 bits per heavy atom. The summed E-state index contributed by atoms with van der Waals surface area (Å²) in [6.07, 6.45) is 0. The van der Waals surface area contributed by atoms with Gasteiger partial charge in [-0.2, -0.15) is 0 Å². The molecule has 0 heterocycles. The molecule has 110 valence electrons. The third-order valence-electron chi connectivity index (χ3n) is 3.89. The summed E-state index contributed by atoms with van der Waals surface area (Å²) < 4.78 is 0. The van der Waals surface area contributed by atoms with Crippen molar-refractivity contribution in [3.05, 3.63) is 95.1 Å². The molecule has 0 aliphatic heterocycles. The molecule has 0 atom stereocenters. The van der Waals surface area contributed by atoms with Gasteiger partial charge in [0.15, 0.2) is 11.6 Å². The smallest absolute Gasteiger partial charge is 0.195 e. The Bertz CT molecular complexity index is 929. The molecule has 0 spiro atoms. The van der Waals surface area contributed by atoms with E-state index in [0.717, 1.165) is 9.79 Å². The Morgan fingerprint density at radius 2 is 1.17 bits per heavy atom. The fourth-order valence-electron chi connectivity index (χ4n) is 2.81. The zero-order valence-electron chi connectivity index (χ0n) is 12.2. The summed E-state index contributed by atoms with van der Waals surface area (Å²) in [4.78, 5) is 27.5. The van der Waals surface area contributed by atoms with Crippen LogP contribution in [0.2, 0.25) is 0 Å². The first-order valence-electron chi connectivity index (χ1n) is 7.30. The molecule has 0 radical (unpaired) electrons. The summed E-state index contributed by atoms with van der Waals surface area (Å²) in [5, 5.41) is 0. The molecule has 2 nitrogen and oxygen atoms in total. The number of rotatable bonds is 2. The van der Waals surface area contributed by atoms with Crippen LogP contribution in [0.4, 0.5) is 0 Å². The maximum Gasteiger partial charge on any atom is 0.195 e. The Kier molecular flexibility index (Phi) is 3.36. The van der Waals surface area contributed by atoms with E-state index in [0.29, 0.717) is 22.3 Å². The number of hydrogen-bond donors (Lipinski definition) is 0. The van der Waals surface area contributed by atoms with E-state index in [1.54, 1.807) is 30.3 Å². The van der Waals surface area contributed by atoms with E-state index >= 15 is 0 Å². The Balaban J connectivity index is 1.87. The number of ketones is 2. The van der Waals surface area contributed by atoms with Gasteiger partial charge in [-0.3, -0.25) is 9.59 Å². The summed E-state index contributed by atoms with van der Waals surface area (Å²) in [6.45, 7) is 0. The van der Waals surface area contributed by atoms with Crippen LogP contribution in [-0.4, -0.2) is 11.6 Å². The molecular formula is C20H12O2S. The predicted octanol–water partition coefficient (Wildman–Crippen LogP) is 4.61. The van der Waals surface area contributed by atoms with Crippen LogP contribution < -0.4 is 0 Å². The second-order valence-corrected chi connectivity index (χ2v) is 6.41. The molecule has 1 aliphatic carbocycles. The largest absolute Gasteiger partial charge is 0.289 e. The van der Waals surface area contributed by atoms with E-state index in [1.165, 1.54) is 11.8 Å². The molecule has 0 saturated heterocycles. The first-order chi connectivity index (χ1) is 11.3. The van der Waals surface area contributed by atoms with E-state index in [4.69, 9.17) is 0 Å². The van der Waals surface area contributed by atoms with E-state index < -0.39 is 0 Å². The van der Waals surface area contributed by atoms with Crippen molar-refractivity contribution in [2.45, 2.75) is 9.79 Å². The fourth-order valence-corrected chi connectivity index (χ4v) is 3.81. The van der Waals surface area contributed by atoms with Gasteiger partial charge in [-0.05, 0) is 18.2 Å². The zero-order chi connectivity index (χ0) is 15.8. The van der Waals surface area contributed by atoms with Gasteiger partial charge in [0.05, 0.1) is 0 Å². The first-order valence-corrected chi connectivity index (χ1v) is 8.12. The van der Waals surface area contributed by atoms with E-state index in [2.05, 4.69) is 0 Å². The van der Waals surface area contributed by atoms with E-state index in [1.807, 2.05) is 42.5 Å². The molecule has 0 bridgehead atoms. The maximum atomic E-state index is 12.9. The van der Waals surface area contributed by atoms with Crippen molar-refractivity contribution in [2.75, 3.05) is 0 Å². The minimum Gasteiger partial charge on any atom is -0.289 e. The van der Waals surface area contributed by atoms with Gasteiger partial charge in [0.1, 0.15) is 0 Å². The molecule has 0 saturated carbocycles. The van der Waals surface area contributed by atoms with Crippen molar-refractivity contribution in [1.82, 2.24) is 0 Å². The van der Waals surface area contributed by atoms with Gasteiger partial charge in [-0.25, -0.2) is 0 Å². The van der Waals surface area contributed by atoms with Crippen molar-refractivity contribution in [1.29, 1.82) is 0 Å². The van der Waals surface area contributed by atoms with Crippen LogP contribution >= 0.6 is 11.8 Å². The fraction of sp³-hybridized carbons (Fsp3) is 0. The second-order valence-electron chi connectivity index (χ2n) is 5.30. The summed E-state index contributed by atoms with van der Waals surface area (Å²) in [6, 6.07) is 22.4. The van der Waals surface area contributed by atoms with Gasteiger partial charge in [0.25, 0.3) is 0 Å². The second kappa shape index (κ2) is 5.52. The highest BCUT2D eigenvalue weighted by molar-refractivity contribution is 7.99. The summed E-state index contributed by atoms with van der Waals surface area (Å²) in [5.41, 5.74) is 2.00. The summed E-state index contributed by atoms with van der Waals surface area (Å²) >= 11 is 1.51.